The highest BCUT2D eigenvalue weighted by Crippen LogP contribution is 2.04. The second-order valence-corrected chi connectivity index (χ2v) is 2.73. The number of alkyl halides is 1. The third kappa shape index (κ3) is 6.58. The van der Waals surface area contributed by atoms with E-state index in [2.05, 4.69) is 0 Å². The molecule has 0 heterocycles. The first-order valence-electron chi connectivity index (χ1n) is 4.05. The van der Waals surface area contributed by atoms with E-state index in [9.17, 15) is 4.79 Å². The summed E-state index contributed by atoms with van der Waals surface area (Å²) in [5.74, 6) is -0.0229. The Labute approximate surface area is 78.0 Å². The SMILES string of the molecule is CCOCC(=O)CC(Cl)OCC. The Bertz CT molecular complexity index is 127. The molecule has 0 aliphatic heterocycles. The minimum absolute atomic E-state index is 0.0229. The zero-order valence-corrected chi connectivity index (χ0v) is 8.26. The predicted octanol–water partition coefficient (Wildman–Crippen LogP) is 1.58. The van der Waals surface area contributed by atoms with Crippen molar-refractivity contribution in [2.24, 2.45) is 0 Å². The molecule has 0 aromatic rings. The maximum atomic E-state index is 11.0. The van der Waals surface area contributed by atoms with Gasteiger partial charge in [-0.2, -0.15) is 0 Å². The van der Waals surface area contributed by atoms with E-state index in [1.807, 2.05) is 13.8 Å². The molecule has 0 rings (SSSR count). The molecule has 0 aromatic carbocycles. The molecule has 0 amide bonds. The van der Waals surface area contributed by atoms with Crippen LogP contribution in [0.1, 0.15) is 20.3 Å². The molecule has 0 fully saturated rings. The smallest absolute Gasteiger partial charge is 0.162 e. The molecule has 0 bridgehead atoms. The minimum Gasteiger partial charge on any atom is -0.374 e. The van der Waals surface area contributed by atoms with Crippen LogP contribution in [0.2, 0.25) is 0 Å². The number of hydrogen-bond acceptors (Lipinski definition) is 3. The lowest BCUT2D eigenvalue weighted by atomic mass is 10.3. The van der Waals surface area contributed by atoms with E-state index in [1.54, 1.807) is 0 Å². The molecule has 12 heavy (non-hydrogen) atoms. The lowest BCUT2D eigenvalue weighted by Crippen LogP contribution is -2.16. The van der Waals surface area contributed by atoms with Crippen molar-refractivity contribution in [3.63, 3.8) is 0 Å². The van der Waals surface area contributed by atoms with Gasteiger partial charge in [-0.3, -0.25) is 4.79 Å². The van der Waals surface area contributed by atoms with Crippen LogP contribution < -0.4 is 0 Å². The van der Waals surface area contributed by atoms with Gasteiger partial charge >= 0.3 is 0 Å². The standard InChI is InChI=1S/C8H15ClO3/c1-3-11-6-7(10)5-8(9)12-4-2/h8H,3-6H2,1-2H3. The fraction of sp³-hybridized carbons (Fsp3) is 0.875. The monoisotopic (exact) mass is 194 g/mol. The van der Waals surface area contributed by atoms with Crippen molar-refractivity contribution in [1.82, 2.24) is 0 Å². The van der Waals surface area contributed by atoms with Crippen molar-refractivity contribution in [2.75, 3.05) is 19.8 Å². The molecular formula is C8H15ClO3. The summed E-state index contributed by atoms with van der Waals surface area (Å²) in [6.07, 6.45) is 0.218. The Hall–Kier alpha value is -0.120. The van der Waals surface area contributed by atoms with Crippen LogP contribution in [0.15, 0.2) is 0 Å². The predicted molar refractivity (Wildman–Crippen MR) is 47.4 cm³/mol. The zero-order chi connectivity index (χ0) is 9.40. The summed E-state index contributed by atoms with van der Waals surface area (Å²) in [5, 5.41) is 0. The van der Waals surface area contributed by atoms with Gasteiger partial charge < -0.3 is 9.47 Å². The van der Waals surface area contributed by atoms with Gasteiger partial charge in [0.25, 0.3) is 0 Å². The van der Waals surface area contributed by atoms with E-state index in [0.29, 0.717) is 13.2 Å². The summed E-state index contributed by atoms with van der Waals surface area (Å²) in [4.78, 5) is 11.0. The van der Waals surface area contributed by atoms with E-state index in [-0.39, 0.29) is 18.8 Å². The van der Waals surface area contributed by atoms with Crippen LogP contribution in [0.3, 0.4) is 0 Å². The van der Waals surface area contributed by atoms with Gasteiger partial charge in [-0.05, 0) is 13.8 Å². The molecule has 72 valence electrons. The molecule has 0 aliphatic rings. The lowest BCUT2D eigenvalue weighted by Gasteiger charge is -2.07. The van der Waals surface area contributed by atoms with Crippen LogP contribution >= 0.6 is 11.6 Å². The number of hydrogen-bond donors (Lipinski definition) is 0. The normalized spacial score (nSPS) is 12.9. The quantitative estimate of drug-likeness (QED) is 0.578. The summed E-state index contributed by atoms with van der Waals surface area (Å²) < 4.78 is 9.89. The Morgan fingerprint density at radius 1 is 1.42 bits per heavy atom. The second kappa shape index (κ2) is 7.53. The molecule has 1 unspecified atom stereocenters. The van der Waals surface area contributed by atoms with Gasteiger partial charge in [-0.15, -0.1) is 0 Å². The molecule has 0 N–H and O–H groups in total. The van der Waals surface area contributed by atoms with E-state index in [4.69, 9.17) is 21.1 Å². The molecule has 0 spiro atoms. The van der Waals surface area contributed by atoms with Gasteiger partial charge in [0.05, 0.1) is 0 Å². The first-order chi connectivity index (χ1) is 5.70. The van der Waals surface area contributed by atoms with Crippen molar-refractivity contribution in [3.05, 3.63) is 0 Å². The first kappa shape index (κ1) is 11.9. The molecule has 0 radical (unpaired) electrons. The molecule has 0 aliphatic carbocycles. The van der Waals surface area contributed by atoms with Crippen molar-refractivity contribution < 1.29 is 14.3 Å². The number of ketones is 1. The average molecular weight is 195 g/mol. The van der Waals surface area contributed by atoms with E-state index >= 15 is 0 Å². The van der Waals surface area contributed by atoms with Gasteiger partial charge in [-0.1, -0.05) is 11.6 Å². The van der Waals surface area contributed by atoms with Crippen molar-refractivity contribution in [1.29, 1.82) is 0 Å². The Morgan fingerprint density at radius 2 is 2.08 bits per heavy atom. The number of rotatable bonds is 7. The van der Waals surface area contributed by atoms with E-state index in [0.717, 1.165) is 0 Å². The fourth-order valence-corrected chi connectivity index (χ4v) is 0.992. The molecule has 0 saturated carbocycles. The zero-order valence-electron chi connectivity index (χ0n) is 7.51. The number of halogens is 1. The van der Waals surface area contributed by atoms with Gasteiger partial charge in [0.15, 0.2) is 5.78 Å². The van der Waals surface area contributed by atoms with Crippen molar-refractivity contribution in [2.45, 2.75) is 25.8 Å². The highest BCUT2D eigenvalue weighted by atomic mass is 35.5. The first-order valence-corrected chi connectivity index (χ1v) is 4.49. The van der Waals surface area contributed by atoms with Gasteiger partial charge in [-0.25, -0.2) is 0 Å². The topological polar surface area (TPSA) is 35.5 Å². The van der Waals surface area contributed by atoms with Crippen LogP contribution in [0.4, 0.5) is 0 Å². The summed E-state index contributed by atoms with van der Waals surface area (Å²) in [6.45, 7) is 4.88. The van der Waals surface area contributed by atoms with Crippen LogP contribution in [0.5, 0.6) is 0 Å². The van der Waals surface area contributed by atoms with Crippen LogP contribution in [-0.2, 0) is 14.3 Å². The minimum atomic E-state index is -0.511. The lowest BCUT2D eigenvalue weighted by molar-refractivity contribution is -0.125. The largest absolute Gasteiger partial charge is 0.374 e. The number of ether oxygens (including phenoxy) is 2. The van der Waals surface area contributed by atoms with Gasteiger partial charge in [0, 0.05) is 19.6 Å². The third-order valence-corrected chi connectivity index (χ3v) is 1.48. The van der Waals surface area contributed by atoms with Gasteiger partial charge in [0.2, 0.25) is 0 Å². The van der Waals surface area contributed by atoms with Crippen LogP contribution in [-0.4, -0.2) is 31.2 Å². The Kier molecular flexibility index (Phi) is 7.45. The molecule has 0 saturated heterocycles. The summed E-state index contributed by atoms with van der Waals surface area (Å²) in [7, 11) is 0. The number of Topliss-reactive ketones (excluding diaryl/α,β-unsaturated/α-hetero) is 1. The maximum absolute atomic E-state index is 11.0. The summed E-state index contributed by atoms with van der Waals surface area (Å²) >= 11 is 5.66. The van der Waals surface area contributed by atoms with Crippen molar-refractivity contribution in [3.8, 4) is 0 Å². The highest BCUT2D eigenvalue weighted by molar-refractivity contribution is 6.20. The molecule has 1 atom stereocenters. The Balaban J connectivity index is 3.40. The van der Waals surface area contributed by atoms with Crippen molar-refractivity contribution >= 4 is 17.4 Å². The number of carbonyl (C=O) groups is 1. The Morgan fingerprint density at radius 3 is 2.58 bits per heavy atom. The fourth-order valence-electron chi connectivity index (χ4n) is 0.694. The number of carbonyl (C=O) groups excluding carboxylic acids is 1. The maximum Gasteiger partial charge on any atom is 0.162 e. The summed E-state index contributed by atoms with van der Waals surface area (Å²) in [6, 6.07) is 0. The molecule has 4 heteroatoms. The van der Waals surface area contributed by atoms with E-state index in [1.165, 1.54) is 0 Å². The molecule has 3 nitrogen and oxygen atoms in total. The molecule has 0 aromatic heterocycles. The highest BCUT2D eigenvalue weighted by Gasteiger charge is 2.09. The molecular weight excluding hydrogens is 180 g/mol. The van der Waals surface area contributed by atoms with Gasteiger partial charge in [0.1, 0.15) is 12.2 Å². The average Bonchev–Trinajstić information content (AvgIpc) is 2.01. The van der Waals surface area contributed by atoms with Crippen LogP contribution in [0.25, 0.3) is 0 Å². The summed E-state index contributed by atoms with van der Waals surface area (Å²) in [5.41, 5.74) is -0.511. The second-order valence-electron chi connectivity index (χ2n) is 2.25. The third-order valence-electron chi connectivity index (χ3n) is 1.20. The van der Waals surface area contributed by atoms with E-state index < -0.39 is 5.56 Å². The van der Waals surface area contributed by atoms with Crippen LogP contribution in [0, 0.1) is 0 Å².